The van der Waals surface area contributed by atoms with Crippen molar-refractivity contribution < 1.29 is 8.42 Å². The summed E-state index contributed by atoms with van der Waals surface area (Å²) in [7, 11) is -3.32. The maximum Gasteiger partial charge on any atom is 0.250 e. The van der Waals surface area contributed by atoms with E-state index >= 15 is 0 Å². The summed E-state index contributed by atoms with van der Waals surface area (Å²) >= 11 is 1.29. The average Bonchev–Trinajstić information content (AvgIpc) is 2.95. The van der Waals surface area contributed by atoms with Crippen molar-refractivity contribution in [1.82, 2.24) is 9.29 Å². The fourth-order valence-corrected chi connectivity index (χ4v) is 4.02. The van der Waals surface area contributed by atoms with Crippen molar-refractivity contribution in [3.63, 3.8) is 0 Å². The molecule has 0 radical (unpaired) electrons. The zero-order valence-electron chi connectivity index (χ0n) is 10.2. The molecule has 0 aliphatic rings. The van der Waals surface area contributed by atoms with Gasteiger partial charge in [-0.25, -0.2) is 13.1 Å². The van der Waals surface area contributed by atoms with Gasteiger partial charge in [0.2, 0.25) is 10.0 Å². The summed E-state index contributed by atoms with van der Waals surface area (Å²) in [5.74, 6) is 0. The number of hydrogen-bond donors (Lipinski definition) is 1. The molecule has 0 fully saturated rings. The first-order chi connectivity index (χ1) is 8.58. The highest BCUT2D eigenvalue weighted by Gasteiger charge is 2.14. The fourth-order valence-electron chi connectivity index (χ4n) is 1.62. The molecule has 6 heteroatoms. The second-order valence-electron chi connectivity index (χ2n) is 4.04. The van der Waals surface area contributed by atoms with E-state index in [1.807, 2.05) is 42.1 Å². The lowest BCUT2D eigenvalue weighted by molar-refractivity contribution is 0.572. The van der Waals surface area contributed by atoms with Crippen LogP contribution in [0.1, 0.15) is 11.3 Å². The van der Waals surface area contributed by atoms with Crippen LogP contribution in [0.2, 0.25) is 0 Å². The molecule has 4 nitrogen and oxygen atoms in total. The number of aryl methyl sites for hydroxylation is 2. The monoisotopic (exact) mass is 284 g/mol. The van der Waals surface area contributed by atoms with Crippen LogP contribution in [0.3, 0.4) is 0 Å². The van der Waals surface area contributed by atoms with Gasteiger partial charge in [0.05, 0.1) is 0 Å². The van der Waals surface area contributed by atoms with Gasteiger partial charge in [0, 0.05) is 30.4 Å². The molecule has 0 spiro atoms. The molecule has 0 bridgehead atoms. The van der Waals surface area contributed by atoms with Crippen molar-refractivity contribution >= 4 is 21.4 Å². The van der Waals surface area contributed by atoms with E-state index in [0.29, 0.717) is 10.8 Å². The molecule has 0 aliphatic carbocycles. The Labute approximate surface area is 111 Å². The van der Waals surface area contributed by atoms with Gasteiger partial charge in [0.25, 0.3) is 0 Å². The van der Waals surface area contributed by atoms with E-state index in [4.69, 9.17) is 0 Å². The number of hydrogen-bond acceptors (Lipinski definition) is 3. The third kappa shape index (κ3) is 3.44. The lowest BCUT2D eigenvalue weighted by Gasteiger charge is -2.05. The predicted octanol–water partition coefficient (Wildman–Crippen LogP) is 2.23. The van der Waals surface area contributed by atoms with Crippen LogP contribution in [0, 0.1) is 6.92 Å². The molecule has 2 rings (SSSR count). The zero-order valence-corrected chi connectivity index (χ0v) is 11.8. The summed E-state index contributed by atoms with van der Waals surface area (Å²) in [6, 6.07) is 7.38. The predicted molar refractivity (Wildman–Crippen MR) is 73.3 cm³/mol. The van der Waals surface area contributed by atoms with E-state index in [-0.39, 0.29) is 0 Å². The third-order valence-electron chi connectivity index (χ3n) is 2.53. The number of nitrogens with zero attached hydrogens (tertiary/aromatic N) is 1. The molecule has 0 saturated heterocycles. The van der Waals surface area contributed by atoms with Crippen molar-refractivity contribution in [3.8, 4) is 0 Å². The van der Waals surface area contributed by atoms with E-state index < -0.39 is 10.0 Å². The highest BCUT2D eigenvalue weighted by atomic mass is 32.2. The standard InChI is InChI=1S/C12H16N2O2S2/c1-11-5-6-12(17-11)18(15,16)13-7-4-10-14-8-2-3-9-14/h2-3,5-6,8-9,13H,4,7,10H2,1H3. The van der Waals surface area contributed by atoms with Crippen molar-refractivity contribution in [2.24, 2.45) is 0 Å². The van der Waals surface area contributed by atoms with Crippen LogP contribution in [0.5, 0.6) is 0 Å². The van der Waals surface area contributed by atoms with E-state index in [0.717, 1.165) is 17.8 Å². The Balaban J connectivity index is 1.82. The normalized spacial score (nSPS) is 11.8. The molecule has 0 unspecified atom stereocenters. The van der Waals surface area contributed by atoms with Gasteiger partial charge >= 0.3 is 0 Å². The van der Waals surface area contributed by atoms with Gasteiger partial charge in [-0.2, -0.15) is 0 Å². The molecule has 98 valence electrons. The highest BCUT2D eigenvalue weighted by Crippen LogP contribution is 2.20. The molecule has 18 heavy (non-hydrogen) atoms. The van der Waals surface area contributed by atoms with Gasteiger partial charge in [0.1, 0.15) is 4.21 Å². The van der Waals surface area contributed by atoms with Crippen LogP contribution in [0.15, 0.2) is 40.9 Å². The molecule has 0 saturated carbocycles. The van der Waals surface area contributed by atoms with Crippen LogP contribution in [-0.4, -0.2) is 19.5 Å². The van der Waals surface area contributed by atoms with E-state index in [1.54, 1.807) is 6.07 Å². The number of aromatic nitrogens is 1. The van der Waals surface area contributed by atoms with Crippen molar-refractivity contribution in [2.45, 2.75) is 24.1 Å². The molecule has 2 heterocycles. The molecule has 0 aliphatic heterocycles. The highest BCUT2D eigenvalue weighted by molar-refractivity contribution is 7.91. The van der Waals surface area contributed by atoms with Gasteiger partial charge in [0.15, 0.2) is 0 Å². The summed E-state index contributed by atoms with van der Waals surface area (Å²) in [6.45, 7) is 3.17. The van der Waals surface area contributed by atoms with Gasteiger partial charge in [-0.15, -0.1) is 11.3 Å². The molecular formula is C12H16N2O2S2. The lowest BCUT2D eigenvalue weighted by Crippen LogP contribution is -2.24. The van der Waals surface area contributed by atoms with Gasteiger partial charge in [-0.1, -0.05) is 0 Å². The minimum atomic E-state index is -3.32. The molecule has 0 aromatic carbocycles. The summed E-state index contributed by atoms with van der Waals surface area (Å²) < 4.78 is 28.8. The smallest absolute Gasteiger partial charge is 0.250 e. The SMILES string of the molecule is Cc1ccc(S(=O)(=O)NCCCn2cccc2)s1. The van der Waals surface area contributed by atoms with Crippen LogP contribution in [0.25, 0.3) is 0 Å². The number of rotatable bonds is 6. The number of sulfonamides is 1. The Hall–Kier alpha value is -1.11. The number of thiophene rings is 1. The van der Waals surface area contributed by atoms with E-state index in [2.05, 4.69) is 4.72 Å². The maximum absolute atomic E-state index is 11.9. The second-order valence-corrected chi connectivity index (χ2v) is 7.32. The largest absolute Gasteiger partial charge is 0.354 e. The number of nitrogens with one attached hydrogen (secondary N) is 1. The zero-order chi connectivity index (χ0) is 13.0. The minimum Gasteiger partial charge on any atom is -0.354 e. The maximum atomic E-state index is 11.9. The molecule has 0 atom stereocenters. The molecule has 2 aromatic rings. The second kappa shape index (κ2) is 5.69. The Morgan fingerprint density at radius 3 is 2.61 bits per heavy atom. The lowest BCUT2D eigenvalue weighted by atomic mass is 10.4. The first-order valence-electron chi connectivity index (χ1n) is 5.75. The molecule has 2 aromatic heterocycles. The summed E-state index contributed by atoms with van der Waals surface area (Å²) in [6.07, 6.45) is 4.71. The van der Waals surface area contributed by atoms with Gasteiger partial charge < -0.3 is 4.57 Å². The Morgan fingerprint density at radius 2 is 2.00 bits per heavy atom. The molecule has 0 amide bonds. The Kier molecular flexibility index (Phi) is 4.21. The Morgan fingerprint density at radius 1 is 1.28 bits per heavy atom. The third-order valence-corrected chi connectivity index (χ3v) is 5.49. The molecule has 1 N–H and O–H groups in total. The van der Waals surface area contributed by atoms with Crippen LogP contribution in [0.4, 0.5) is 0 Å². The summed E-state index contributed by atoms with van der Waals surface area (Å²) in [4.78, 5) is 1.00. The summed E-state index contributed by atoms with van der Waals surface area (Å²) in [5, 5.41) is 0. The van der Waals surface area contributed by atoms with Crippen molar-refractivity contribution in [3.05, 3.63) is 41.5 Å². The summed E-state index contributed by atoms with van der Waals surface area (Å²) in [5.41, 5.74) is 0. The molecular weight excluding hydrogens is 268 g/mol. The minimum absolute atomic E-state index is 0.390. The quantitative estimate of drug-likeness (QED) is 0.827. The first kappa shape index (κ1) is 13.3. The van der Waals surface area contributed by atoms with Crippen LogP contribution in [-0.2, 0) is 16.6 Å². The Bertz CT molecular complexity index is 585. The topological polar surface area (TPSA) is 51.1 Å². The van der Waals surface area contributed by atoms with Crippen LogP contribution >= 0.6 is 11.3 Å². The van der Waals surface area contributed by atoms with E-state index in [1.165, 1.54) is 11.3 Å². The average molecular weight is 284 g/mol. The van der Waals surface area contributed by atoms with Gasteiger partial charge in [-0.05, 0) is 37.6 Å². The first-order valence-corrected chi connectivity index (χ1v) is 8.05. The van der Waals surface area contributed by atoms with Crippen molar-refractivity contribution in [1.29, 1.82) is 0 Å². The van der Waals surface area contributed by atoms with Crippen molar-refractivity contribution in [2.75, 3.05) is 6.54 Å². The fraction of sp³-hybridized carbons (Fsp3) is 0.333. The van der Waals surface area contributed by atoms with Crippen LogP contribution < -0.4 is 4.72 Å². The van der Waals surface area contributed by atoms with E-state index in [9.17, 15) is 8.42 Å². The van der Waals surface area contributed by atoms with Gasteiger partial charge in [-0.3, -0.25) is 0 Å².